The van der Waals surface area contributed by atoms with Gasteiger partial charge in [-0.15, -0.1) is 0 Å². The number of carbonyl (C=O) groups excluding carboxylic acids is 2. The fourth-order valence-corrected chi connectivity index (χ4v) is 1.84. The summed E-state index contributed by atoms with van der Waals surface area (Å²) in [6, 6.07) is 10.3. The van der Waals surface area contributed by atoms with Gasteiger partial charge in [-0.05, 0) is 24.4 Å². The number of benzene rings is 2. The monoisotopic (exact) mass is 270 g/mol. The van der Waals surface area contributed by atoms with E-state index in [2.05, 4.69) is 6.58 Å². The van der Waals surface area contributed by atoms with Crippen LogP contribution in [0, 0.1) is 0 Å². The number of fused-ring (bicyclic) bond motifs is 1. The van der Waals surface area contributed by atoms with Crippen LogP contribution in [0.1, 0.15) is 17.3 Å². The van der Waals surface area contributed by atoms with Gasteiger partial charge in [-0.3, -0.25) is 0 Å². The number of methoxy groups -OCH3 is 1. The Morgan fingerprint density at radius 1 is 1.05 bits per heavy atom. The molecule has 0 aliphatic heterocycles. The van der Waals surface area contributed by atoms with Gasteiger partial charge in [0.05, 0.1) is 12.7 Å². The molecule has 2 aromatic carbocycles. The summed E-state index contributed by atoms with van der Waals surface area (Å²) >= 11 is 0. The van der Waals surface area contributed by atoms with Crippen molar-refractivity contribution in [2.24, 2.45) is 0 Å². The Morgan fingerprint density at radius 2 is 1.70 bits per heavy atom. The van der Waals surface area contributed by atoms with Gasteiger partial charge in [-0.1, -0.05) is 30.8 Å². The normalized spacial score (nSPS) is 10.1. The molecule has 0 aromatic heterocycles. The van der Waals surface area contributed by atoms with Crippen LogP contribution in [0.4, 0.5) is 0 Å². The minimum atomic E-state index is -0.499. The second-order valence-corrected chi connectivity index (χ2v) is 4.32. The lowest BCUT2D eigenvalue weighted by Crippen LogP contribution is -2.09. The van der Waals surface area contributed by atoms with Crippen LogP contribution in [0.25, 0.3) is 10.8 Å². The fourth-order valence-electron chi connectivity index (χ4n) is 1.84. The Morgan fingerprint density at radius 3 is 2.30 bits per heavy atom. The first-order valence-electron chi connectivity index (χ1n) is 6.02. The quantitative estimate of drug-likeness (QED) is 0.488. The van der Waals surface area contributed by atoms with Crippen LogP contribution in [0.15, 0.2) is 48.6 Å². The standard InChI is InChI=1S/C16H14O4/c1-10(2)15(17)20-14-9-8-13(16(18)19-3)11-6-4-5-7-12(11)14/h4-9H,1H2,2-3H3. The highest BCUT2D eigenvalue weighted by Gasteiger charge is 2.15. The summed E-state index contributed by atoms with van der Waals surface area (Å²) in [4.78, 5) is 23.3. The van der Waals surface area contributed by atoms with Gasteiger partial charge in [-0.2, -0.15) is 0 Å². The van der Waals surface area contributed by atoms with Gasteiger partial charge in [0, 0.05) is 11.0 Å². The Hall–Kier alpha value is -2.62. The SMILES string of the molecule is C=C(C)C(=O)Oc1ccc(C(=O)OC)c2ccccc12. The molecule has 0 saturated carbocycles. The van der Waals surface area contributed by atoms with E-state index in [1.54, 1.807) is 37.3 Å². The second kappa shape index (κ2) is 5.57. The molecule has 0 spiro atoms. The van der Waals surface area contributed by atoms with Crippen molar-refractivity contribution in [1.29, 1.82) is 0 Å². The van der Waals surface area contributed by atoms with Crippen molar-refractivity contribution in [3.8, 4) is 5.75 Å². The molecule has 4 heteroatoms. The lowest BCUT2D eigenvalue weighted by Gasteiger charge is -2.10. The van der Waals surface area contributed by atoms with Crippen LogP contribution < -0.4 is 4.74 Å². The number of esters is 2. The summed E-state index contributed by atoms with van der Waals surface area (Å²) in [6.07, 6.45) is 0. The molecule has 0 aliphatic carbocycles. The summed E-state index contributed by atoms with van der Waals surface area (Å²) in [7, 11) is 1.33. The minimum Gasteiger partial charge on any atom is -0.465 e. The zero-order chi connectivity index (χ0) is 14.7. The zero-order valence-corrected chi connectivity index (χ0v) is 11.3. The highest BCUT2D eigenvalue weighted by molar-refractivity contribution is 6.07. The van der Waals surface area contributed by atoms with Crippen molar-refractivity contribution >= 4 is 22.7 Å². The molecule has 2 rings (SSSR count). The highest BCUT2D eigenvalue weighted by Crippen LogP contribution is 2.29. The van der Waals surface area contributed by atoms with Crippen molar-refractivity contribution in [2.75, 3.05) is 7.11 Å². The number of rotatable bonds is 3. The average molecular weight is 270 g/mol. The smallest absolute Gasteiger partial charge is 0.338 e. The number of carbonyl (C=O) groups is 2. The summed E-state index contributed by atoms with van der Waals surface area (Å²) < 4.78 is 10.0. The maximum absolute atomic E-state index is 11.7. The fraction of sp³-hybridized carbons (Fsp3) is 0.125. The summed E-state index contributed by atoms with van der Waals surface area (Å²) in [5.41, 5.74) is 0.740. The van der Waals surface area contributed by atoms with E-state index in [1.165, 1.54) is 7.11 Å². The number of hydrogen-bond donors (Lipinski definition) is 0. The first-order chi connectivity index (χ1) is 9.54. The van der Waals surface area contributed by atoms with Crippen LogP contribution in [-0.4, -0.2) is 19.0 Å². The third-order valence-corrected chi connectivity index (χ3v) is 2.84. The predicted molar refractivity (Wildman–Crippen MR) is 75.7 cm³/mol. The first kappa shape index (κ1) is 13.8. The van der Waals surface area contributed by atoms with E-state index in [1.807, 2.05) is 6.07 Å². The molecule has 0 N–H and O–H groups in total. The molecule has 20 heavy (non-hydrogen) atoms. The molecule has 0 radical (unpaired) electrons. The first-order valence-corrected chi connectivity index (χ1v) is 6.02. The molecule has 0 aliphatic rings. The average Bonchev–Trinajstić information content (AvgIpc) is 2.46. The molecule has 2 aromatic rings. The van der Waals surface area contributed by atoms with Crippen LogP contribution in [0.5, 0.6) is 5.75 Å². The van der Waals surface area contributed by atoms with Crippen LogP contribution in [0.2, 0.25) is 0 Å². The van der Waals surface area contributed by atoms with Crippen molar-refractivity contribution in [1.82, 2.24) is 0 Å². The predicted octanol–water partition coefficient (Wildman–Crippen LogP) is 3.11. The summed E-state index contributed by atoms with van der Waals surface area (Å²) in [5.74, 6) is -0.541. The Bertz CT molecular complexity index is 701. The van der Waals surface area contributed by atoms with E-state index in [9.17, 15) is 9.59 Å². The van der Waals surface area contributed by atoms with Crippen molar-refractivity contribution < 1.29 is 19.1 Å². The Balaban J connectivity index is 2.57. The molecule has 0 bridgehead atoms. The van der Waals surface area contributed by atoms with Gasteiger partial charge >= 0.3 is 11.9 Å². The number of hydrogen-bond acceptors (Lipinski definition) is 4. The van der Waals surface area contributed by atoms with E-state index in [0.717, 1.165) is 0 Å². The minimum absolute atomic E-state index is 0.311. The van der Waals surface area contributed by atoms with Crippen molar-refractivity contribution in [3.63, 3.8) is 0 Å². The summed E-state index contributed by atoms with van der Waals surface area (Å²) in [5, 5.41) is 1.34. The van der Waals surface area contributed by atoms with E-state index in [4.69, 9.17) is 9.47 Å². The van der Waals surface area contributed by atoms with Gasteiger partial charge in [0.2, 0.25) is 0 Å². The highest BCUT2D eigenvalue weighted by atomic mass is 16.5. The zero-order valence-electron chi connectivity index (χ0n) is 11.3. The van der Waals surface area contributed by atoms with Gasteiger partial charge in [0.15, 0.2) is 0 Å². The molecular formula is C16H14O4. The maximum Gasteiger partial charge on any atom is 0.338 e. The van der Waals surface area contributed by atoms with Gasteiger partial charge in [0.1, 0.15) is 5.75 Å². The molecule has 0 fully saturated rings. The molecule has 0 unspecified atom stereocenters. The van der Waals surface area contributed by atoms with Gasteiger partial charge < -0.3 is 9.47 Å². The van der Waals surface area contributed by atoms with Gasteiger partial charge in [0.25, 0.3) is 0 Å². The molecule has 0 heterocycles. The molecule has 102 valence electrons. The largest absolute Gasteiger partial charge is 0.465 e. The topological polar surface area (TPSA) is 52.6 Å². The van der Waals surface area contributed by atoms with Gasteiger partial charge in [-0.25, -0.2) is 9.59 Å². The van der Waals surface area contributed by atoms with E-state index in [0.29, 0.717) is 27.7 Å². The van der Waals surface area contributed by atoms with E-state index >= 15 is 0 Å². The van der Waals surface area contributed by atoms with Crippen molar-refractivity contribution in [2.45, 2.75) is 6.92 Å². The molecule has 0 saturated heterocycles. The molecule has 0 atom stereocenters. The van der Waals surface area contributed by atoms with Crippen molar-refractivity contribution in [3.05, 3.63) is 54.1 Å². The summed E-state index contributed by atoms with van der Waals surface area (Å²) in [6.45, 7) is 5.12. The van der Waals surface area contributed by atoms with Crippen LogP contribution in [-0.2, 0) is 9.53 Å². The molecular weight excluding hydrogens is 256 g/mol. The van der Waals surface area contributed by atoms with Crippen LogP contribution in [0.3, 0.4) is 0 Å². The third-order valence-electron chi connectivity index (χ3n) is 2.84. The van der Waals surface area contributed by atoms with Crippen LogP contribution >= 0.6 is 0 Å². The molecule has 4 nitrogen and oxygen atoms in total. The Kier molecular flexibility index (Phi) is 3.84. The number of ether oxygens (including phenoxy) is 2. The lowest BCUT2D eigenvalue weighted by molar-refractivity contribution is -0.129. The second-order valence-electron chi connectivity index (χ2n) is 4.32. The lowest BCUT2D eigenvalue weighted by atomic mass is 10.0. The Labute approximate surface area is 116 Å². The van der Waals surface area contributed by atoms with E-state index < -0.39 is 11.9 Å². The van der Waals surface area contributed by atoms with E-state index in [-0.39, 0.29) is 0 Å². The maximum atomic E-state index is 11.7. The third kappa shape index (κ3) is 2.54. The molecule has 0 amide bonds.